The third-order valence-electron chi connectivity index (χ3n) is 4.51. The second-order valence-electron chi connectivity index (χ2n) is 6.73. The Balaban J connectivity index is 1.47. The number of nitrogens with zero attached hydrogens (tertiary/aromatic N) is 7. The summed E-state index contributed by atoms with van der Waals surface area (Å²) in [5, 5.41) is 16.0. The standard InChI is InChI=1S/C17H21N7O/c1-23(2)11-12-3-5-13(6-4-12)16-18-17(25-20-16)14-7-8-15-19-21-22-24(15)10-9-14/h3-6,14H,7-11H2,1-2H3. The van der Waals surface area contributed by atoms with E-state index < -0.39 is 0 Å². The van der Waals surface area contributed by atoms with Crippen LogP contribution in [0.25, 0.3) is 11.4 Å². The van der Waals surface area contributed by atoms with Crippen molar-refractivity contribution in [1.82, 2.24) is 35.2 Å². The molecule has 1 aliphatic rings. The monoisotopic (exact) mass is 339 g/mol. The quantitative estimate of drug-likeness (QED) is 0.717. The zero-order valence-electron chi connectivity index (χ0n) is 14.5. The highest BCUT2D eigenvalue weighted by Gasteiger charge is 2.24. The van der Waals surface area contributed by atoms with Crippen LogP contribution < -0.4 is 0 Å². The molecule has 0 fully saturated rings. The van der Waals surface area contributed by atoms with Gasteiger partial charge in [-0.05, 0) is 42.9 Å². The highest BCUT2D eigenvalue weighted by atomic mass is 16.5. The summed E-state index contributed by atoms with van der Waals surface area (Å²) in [6.07, 6.45) is 2.65. The number of tetrazole rings is 1. The molecule has 4 rings (SSSR count). The Kier molecular flexibility index (Phi) is 4.27. The number of fused-ring (bicyclic) bond motifs is 1. The van der Waals surface area contributed by atoms with Crippen molar-refractivity contribution in [2.45, 2.75) is 38.3 Å². The summed E-state index contributed by atoms with van der Waals surface area (Å²) in [4.78, 5) is 6.77. The van der Waals surface area contributed by atoms with E-state index in [-0.39, 0.29) is 5.92 Å². The van der Waals surface area contributed by atoms with E-state index >= 15 is 0 Å². The van der Waals surface area contributed by atoms with Crippen molar-refractivity contribution < 1.29 is 4.52 Å². The fraction of sp³-hybridized carbons (Fsp3) is 0.471. The Morgan fingerprint density at radius 1 is 1.20 bits per heavy atom. The lowest BCUT2D eigenvalue weighted by Gasteiger charge is -2.09. The topological polar surface area (TPSA) is 85.8 Å². The smallest absolute Gasteiger partial charge is 0.230 e. The highest BCUT2D eigenvalue weighted by Crippen LogP contribution is 2.28. The molecule has 130 valence electrons. The van der Waals surface area contributed by atoms with Crippen molar-refractivity contribution in [1.29, 1.82) is 0 Å². The van der Waals surface area contributed by atoms with E-state index in [0.29, 0.717) is 11.7 Å². The van der Waals surface area contributed by atoms with Crippen molar-refractivity contribution in [3.8, 4) is 11.4 Å². The first-order valence-corrected chi connectivity index (χ1v) is 8.52. The molecule has 0 radical (unpaired) electrons. The lowest BCUT2D eigenvalue weighted by Crippen LogP contribution is -2.10. The van der Waals surface area contributed by atoms with Gasteiger partial charge in [0.1, 0.15) is 0 Å². The summed E-state index contributed by atoms with van der Waals surface area (Å²) in [6, 6.07) is 8.31. The molecule has 25 heavy (non-hydrogen) atoms. The van der Waals surface area contributed by atoms with Gasteiger partial charge in [0.25, 0.3) is 0 Å². The zero-order chi connectivity index (χ0) is 17.2. The Morgan fingerprint density at radius 2 is 2.04 bits per heavy atom. The van der Waals surface area contributed by atoms with Crippen molar-refractivity contribution in [3.05, 3.63) is 41.5 Å². The van der Waals surface area contributed by atoms with Crippen molar-refractivity contribution >= 4 is 0 Å². The van der Waals surface area contributed by atoms with Crippen LogP contribution in [0.5, 0.6) is 0 Å². The number of aryl methyl sites for hydroxylation is 2. The van der Waals surface area contributed by atoms with Crippen LogP contribution in [0.1, 0.15) is 36.0 Å². The molecule has 2 aromatic heterocycles. The van der Waals surface area contributed by atoms with Gasteiger partial charge in [-0.2, -0.15) is 4.98 Å². The van der Waals surface area contributed by atoms with Gasteiger partial charge in [-0.3, -0.25) is 0 Å². The molecule has 0 bridgehead atoms. The molecule has 0 amide bonds. The van der Waals surface area contributed by atoms with Crippen LogP contribution in [0.4, 0.5) is 0 Å². The molecule has 0 spiro atoms. The first kappa shape index (κ1) is 15.9. The maximum atomic E-state index is 5.55. The van der Waals surface area contributed by atoms with Crippen LogP contribution in [-0.2, 0) is 19.5 Å². The van der Waals surface area contributed by atoms with Gasteiger partial charge in [0, 0.05) is 31.0 Å². The van der Waals surface area contributed by atoms with Crippen LogP contribution in [0.2, 0.25) is 0 Å². The summed E-state index contributed by atoms with van der Waals surface area (Å²) in [5.41, 5.74) is 2.24. The second-order valence-corrected chi connectivity index (χ2v) is 6.73. The van der Waals surface area contributed by atoms with Gasteiger partial charge in [-0.15, -0.1) is 5.10 Å². The summed E-state index contributed by atoms with van der Waals surface area (Å²) in [5.74, 6) is 2.51. The van der Waals surface area contributed by atoms with Crippen molar-refractivity contribution in [3.63, 3.8) is 0 Å². The van der Waals surface area contributed by atoms with E-state index in [0.717, 1.165) is 43.7 Å². The molecule has 0 aliphatic carbocycles. The minimum Gasteiger partial charge on any atom is -0.339 e. The third kappa shape index (κ3) is 3.43. The van der Waals surface area contributed by atoms with Crippen LogP contribution in [-0.4, -0.2) is 49.3 Å². The lowest BCUT2D eigenvalue weighted by atomic mass is 10.0. The molecule has 1 unspecified atom stereocenters. The van der Waals surface area contributed by atoms with E-state index in [2.05, 4.69) is 56.8 Å². The van der Waals surface area contributed by atoms with Gasteiger partial charge >= 0.3 is 0 Å². The Labute approximate surface area is 145 Å². The average Bonchev–Trinajstić information content (AvgIpc) is 3.22. The minimum absolute atomic E-state index is 0.234. The van der Waals surface area contributed by atoms with Gasteiger partial charge in [-0.1, -0.05) is 29.4 Å². The molecule has 8 nitrogen and oxygen atoms in total. The molecule has 8 heteroatoms. The van der Waals surface area contributed by atoms with E-state index in [1.54, 1.807) is 0 Å². The normalized spacial score (nSPS) is 17.5. The predicted molar refractivity (Wildman–Crippen MR) is 90.6 cm³/mol. The molecule has 3 heterocycles. The van der Waals surface area contributed by atoms with Crippen LogP contribution >= 0.6 is 0 Å². The van der Waals surface area contributed by atoms with Gasteiger partial charge in [0.15, 0.2) is 5.82 Å². The molecular formula is C17H21N7O. The van der Waals surface area contributed by atoms with E-state index in [1.807, 2.05) is 16.8 Å². The number of hydrogen-bond donors (Lipinski definition) is 0. The Bertz CT molecular complexity index is 814. The zero-order valence-corrected chi connectivity index (χ0v) is 14.5. The minimum atomic E-state index is 0.234. The second kappa shape index (κ2) is 6.72. The summed E-state index contributed by atoms with van der Waals surface area (Å²) >= 11 is 0. The SMILES string of the molecule is CN(C)Cc1ccc(-c2noc(C3CCc4nnnn4CC3)n2)cc1. The summed E-state index contributed by atoms with van der Waals surface area (Å²) in [7, 11) is 4.12. The Morgan fingerprint density at radius 3 is 2.84 bits per heavy atom. The van der Waals surface area contributed by atoms with Crippen LogP contribution in [0, 0.1) is 0 Å². The highest BCUT2D eigenvalue weighted by molar-refractivity contribution is 5.54. The predicted octanol–water partition coefficient (Wildman–Crippen LogP) is 1.90. The molecule has 3 aromatic rings. The van der Waals surface area contributed by atoms with Crippen molar-refractivity contribution in [2.24, 2.45) is 0 Å². The van der Waals surface area contributed by atoms with Gasteiger partial charge < -0.3 is 9.42 Å². The number of aromatic nitrogens is 6. The molecule has 1 aliphatic heterocycles. The maximum absolute atomic E-state index is 5.55. The lowest BCUT2D eigenvalue weighted by molar-refractivity contribution is 0.337. The first-order chi connectivity index (χ1) is 12.2. The molecule has 0 saturated heterocycles. The molecule has 1 aromatic carbocycles. The fourth-order valence-corrected chi connectivity index (χ4v) is 3.19. The molecular weight excluding hydrogens is 318 g/mol. The van der Waals surface area contributed by atoms with E-state index in [9.17, 15) is 0 Å². The maximum Gasteiger partial charge on any atom is 0.230 e. The average molecular weight is 339 g/mol. The number of rotatable bonds is 4. The van der Waals surface area contributed by atoms with Gasteiger partial charge in [-0.25, -0.2) is 4.68 Å². The molecule has 1 atom stereocenters. The molecule has 0 saturated carbocycles. The fourth-order valence-electron chi connectivity index (χ4n) is 3.19. The summed E-state index contributed by atoms with van der Waals surface area (Å²) < 4.78 is 7.41. The van der Waals surface area contributed by atoms with Crippen LogP contribution in [0.15, 0.2) is 28.8 Å². The van der Waals surface area contributed by atoms with E-state index in [4.69, 9.17) is 4.52 Å². The van der Waals surface area contributed by atoms with E-state index in [1.165, 1.54) is 5.56 Å². The van der Waals surface area contributed by atoms with Crippen LogP contribution in [0.3, 0.4) is 0 Å². The Hall–Kier alpha value is -2.61. The number of benzene rings is 1. The van der Waals surface area contributed by atoms with Crippen molar-refractivity contribution in [2.75, 3.05) is 14.1 Å². The summed E-state index contributed by atoms with van der Waals surface area (Å²) in [6.45, 7) is 1.70. The molecule has 0 N–H and O–H groups in total. The first-order valence-electron chi connectivity index (χ1n) is 8.52. The number of hydrogen-bond acceptors (Lipinski definition) is 7. The largest absolute Gasteiger partial charge is 0.339 e. The third-order valence-corrected chi connectivity index (χ3v) is 4.51. The van der Waals surface area contributed by atoms with Gasteiger partial charge in [0.2, 0.25) is 11.7 Å². The van der Waals surface area contributed by atoms with Gasteiger partial charge in [0.05, 0.1) is 0 Å².